The Morgan fingerprint density at radius 2 is 2.10 bits per heavy atom. The molecule has 7 heteroatoms. The third kappa shape index (κ3) is 2.72. The van der Waals surface area contributed by atoms with Crippen molar-refractivity contribution >= 4 is 50.5 Å². The highest BCUT2D eigenvalue weighted by Crippen LogP contribution is 2.21. The molecule has 0 saturated heterocycles. The van der Waals surface area contributed by atoms with E-state index in [-0.39, 0.29) is 22.9 Å². The van der Waals surface area contributed by atoms with Crippen LogP contribution in [0.1, 0.15) is 10.4 Å². The van der Waals surface area contributed by atoms with Crippen LogP contribution in [0.15, 0.2) is 40.8 Å². The Hall–Kier alpha value is -1.69. The fourth-order valence-electron chi connectivity index (χ4n) is 1.96. The van der Waals surface area contributed by atoms with Crippen LogP contribution in [-0.2, 0) is 6.54 Å². The fourth-order valence-corrected chi connectivity index (χ4v) is 3.20. The van der Waals surface area contributed by atoms with Gasteiger partial charge in [-0.15, -0.1) is 11.3 Å². The third-order valence-electron chi connectivity index (χ3n) is 3.00. The molecular weight excluding hydrogens is 331 g/mol. The number of hydrogen-bond donors (Lipinski definition) is 0. The number of aromatic nitrogens is 2. The molecule has 21 heavy (non-hydrogen) atoms. The van der Waals surface area contributed by atoms with Gasteiger partial charge in [-0.3, -0.25) is 14.2 Å². The molecule has 4 nitrogen and oxygen atoms in total. The van der Waals surface area contributed by atoms with Crippen molar-refractivity contribution < 1.29 is 4.79 Å². The highest BCUT2D eigenvalue weighted by atomic mass is 35.5. The van der Waals surface area contributed by atoms with Crippen LogP contribution in [-0.4, -0.2) is 15.3 Å². The molecule has 0 spiro atoms. The number of fused-ring (bicyclic) bond motifs is 1. The number of rotatable bonds is 3. The van der Waals surface area contributed by atoms with Crippen LogP contribution >= 0.6 is 34.5 Å². The summed E-state index contributed by atoms with van der Waals surface area (Å²) in [6.45, 7) is -0.112. The standard InChI is InChI=1S/C14H8Cl2N2O2S/c15-8-1-2-9(11(16)5-8)12(19)6-18-7-17-13-10(14(18)20)3-4-21-13/h1-5,7H,6H2. The minimum atomic E-state index is -0.268. The first-order valence-corrected chi connectivity index (χ1v) is 7.61. The van der Waals surface area contributed by atoms with Crippen LogP contribution in [0.2, 0.25) is 10.0 Å². The van der Waals surface area contributed by atoms with Crippen molar-refractivity contribution in [1.29, 1.82) is 0 Å². The first-order chi connectivity index (χ1) is 10.1. The second-order valence-electron chi connectivity index (χ2n) is 4.36. The van der Waals surface area contributed by atoms with Crippen LogP contribution in [0.4, 0.5) is 0 Å². The van der Waals surface area contributed by atoms with Gasteiger partial charge in [0.1, 0.15) is 4.83 Å². The summed E-state index contributed by atoms with van der Waals surface area (Å²) in [6, 6.07) is 6.34. The van der Waals surface area contributed by atoms with Crippen molar-refractivity contribution in [2.45, 2.75) is 6.54 Å². The van der Waals surface area contributed by atoms with E-state index in [2.05, 4.69) is 4.98 Å². The van der Waals surface area contributed by atoms with Crippen LogP contribution < -0.4 is 5.56 Å². The fraction of sp³-hybridized carbons (Fsp3) is 0.0714. The van der Waals surface area contributed by atoms with E-state index in [0.29, 0.717) is 20.8 Å². The Labute approximate surface area is 133 Å². The summed E-state index contributed by atoms with van der Waals surface area (Å²) < 4.78 is 1.28. The van der Waals surface area contributed by atoms with Gasteiger partial charge >= 0.3 is 0 Å². The molecule has 0 unspecified atom stereocenters. The average Bonchev–Trinajstić information content (AvgIpc) is 2.91. The second kappa shape index (κ2) is 5.60. The molecule has 2 aromatic heterocycles. The lowest BCUT2D eigenvalue weighted by Gasteiger charge is -2.06. The molecule has 106 valence electrons. The normalized spacial score (nSPS) is 11.0. The van der Waals surface area contributed by atoms with E-state index >= 15 is 0 Å². The lowest BCUT2D eigenvalue weighted by molar-refractivity contribution is 0.0971. The third-order valence-corrected chi connectivity index (χ3v) is 4.36. The van der Waals surface area contributed by atoms with Crippen LogP contribution in [0.5, 0.6) is 0 Å². The maximum Gasteiger partial charge on any atom is 0.262 e. The first-order valence-electron chi connectivity index (χ1n) is 5.97. The van der Waals surface area contributed by atoms with E-state index in [1.165, 1.54) is 28.3 Å². The number of nitrogens with zero attached hydrogens (tertiary/aromatic N) is 2. The summed E-state index contributed by atoms with van der Waals surface area (Å²) in [7, 11) is 0. The van der Waals surface area contributed by atoms with Crippen LogP contribution in [0.3, 0.4) is 0 Å². The first kappa shape index (κ1) is 14.3. The number of hydrogen-bond acceptors (Lipinski definition) is 4. The maximum atomic E-state index is 12.3. The number of ketones is 1. The van der Waals surface area contributed by atoms with Crippen molar-refractivity contribution in [3.8, 4) is 0 Å². The lowest BCUT2D eigenvalue weighted by atomic mass is 10.1. The van der Waals surface area contributed by atoms with Crippen molar-refractivity contribution in [3.05, 3.63) is 61.9 Å². The lowest BCUT2D eigenvalue weighted by Crippen LogP contribution is -2.24. The maximum absolute atomic E-state index is 12.3. The zero-order valence-corrected chi connectivity index (χ0v) is 12.9. The summed E-state index contributed by atoms with van der Waals surface area (Å²) >= 11 is 13.2. The van der Waals surface area contributed by atoms with Gasteiger partial charge in [0.25, 0.3) is 5.56 Å². The van der Waals surface area contributed by atoms with E-state index < -0.39 is 0 Å². The largest absolute Gasteiger partial charge is 0.292 e. The van der Waals surface area contributed by atoms with E-state index in [0.717, 1.165) is 0 Å². The molecule has 0 N–H and O–H groups in total. The van der Waals surface area contributed by atoms with E-state index in [1.54, 1.807) is 23.6 Å². The molecule has 0 aliphatic carbocycles. The Balaban J connectivity index is 1.96. The molecule has 0 radical (unpaired) electrons. The van der Waals surface area contributed by atoms with Gasteiger partial charge in [0.2, 0.25) is 0 Å². The topological polar surface area (TPSA) is 52.0 Å². The van der Waals surface area contributed by atoms with Gasteiger partial charge in [0.05, 0.1) is 23.3 Å². The Morgan fingerprint density at radius 1 is 1.29 bits per heavy atom. The highest BCUT2D eigenvalue weighted by molar-refractivity contribution is 7.16. The molecule has 2 heterocycles. The molecular formula is C14H8Cl2N2O2S. The number of benzene rings is 1. The van der Waals surface area contributed by atoms with E-state index in [4.69, 9.17) is 23.2 Å². The summed E-state index contributed by atoms with van der Waals surface area (Å²) in [4.78, 5) is 29.3. The molecule has 0 saturated carbocycles. The van der Waals surface area contributed by atoms with Crippen molar-refractivity contribution in [1.82, 2.24) is 9.55 Å². The van der Waals surface area contributed by atoms with Gasteiger partial charge in [-0.2, -0.15) is 0 Å². The predicted molar refractivity (Wildman–Crippen MR) is 84.7 cm³/mol. The monoisotopic (exact) mass is 338 g/mol. The summed E-state index contributed by atoms with van der Waals surface area (Å²) in [5.74, 6) is -0.268. The number of Topliss-reactive ketones (excluding diaryl/α,β-unsaturated/α-hetero) is 1. The summed E-state index contributed by atoms with van der Waals surface area (Å²) in [5.41, 5.74) is 0.0954. The Morgan fingerprint density at radius 3 is 2.86 bits per heavy atom. The van der Waals surface area contributed by atoms with Gasteiger partial charge in [0, 0.05) is 10.6 Å². The van der Waals surface area contributed by atoms with Gasteiger partial charge in [-0.25, -0.2) is 4.98 Å². The van der Waals surface area contributed by atoms with Crippen molar-refractivity contribution in [3.63, 3.8) is 0 Å². The van der Waals surface area contributed by atoms with Gasteiger partial charge in [-0.05, 0) is 29.6 Å². The zero-order valence-electron chi connectivity index (χ0n) is 10.5. The molecule has 0 bridgehead atoms. The number of thiophene rings is 1. The molecule has 0 atom stereocenters. The molecule has 0 amide bonds. The number of carbonyl (C=O) groups excluding carboxylic acids is 1. The molecule has 3 aromatic rings. The number of carbonyl (C=O) groups is 1. The quantitative estimate of drug-likeness (QED) is 0.685. The minimum Gasteiger partial charge on any atom is -0.292 e. The Kier molecular flexibility index (Phi) is 3.80. The molecule has 3 rings (SSSR count). The SMILES string of the molecule is O=C(Cn1cnc2sccc2c1=O)c1ccc(Cl)cc1Cl. The molecule has 1 aromatic carbocycles. The number of halogens is 2. The van der Waals surface area contributed by atoms with E-state index in [9.17, 15) is 9.59 Å². The molecule has 0 aliphatic heterocycles. The molecule has 0 aliphatic rings. The Bertz CT molecular complexity index is 901. The van der Waals surface area contributed by atoms with Gasteiger partial charge < -0.3 is 0 Å². The van der Waals surface area contributed by atoms with Gasteiger partial charge in [0.15, 0.2) is 5.78 Å². The van der Waals surface area contributed by atoms with Crippen molar-refractivity contribution in [2.24, 2.45) is 0 Å². The molecule has 0 fully saturated rings. The zero-order chi connectivity index (χ0) is 15.0. The van der Waals surface area contributed by atoms with Gasteiger partial charge in [-0.1, -0.05) is 23.2 Å². The second-order valence-corrected chi connectivity index (χ2v) is 6.10. The smallest absolute Gasteiger partial charge is 0.262 e. The van der Waals surface area contributed by atoms with Crippen LogP contribution in [0, 0.1) is 0 Å². The minimum absolute atomic E-state index is 0.112. The summed E-state index contributed by atoms with van der Waals surface area (Å²) in [6.07, 6.45) is 1.38. The van der Waals surface area contributed by atoms with E-state index in [1.807, 2.05) is 0 Å². The van der Waals surface area contributed by atoms with Crippen molar-refractivity contribution in [2.75, 3.05) is 0 Å². The average molecular weight is 339 g/mol. The predicted octanol–water partition coefficient (Wildman–Crippen LogP) is 3.65. The summed E-state index contributed by atoms with van der Waals surface area (Å²) in [5, 5.41) is 3.03. The van der Waals surface area contributed by atoms with Crippen LogP contribution in [0.25, 0.3) is 10.2 Å². The highest BCUT2D eigenvalue weighted by Gasteiger charge is 2.13.